The smallest absolute Gasteiger partial charge is 0.325 e. The minimum Gasteiger partial charge on any atom is -0.454 e. The highest BCUT2D eigenvalue weighted by Crippen LogP contribution is 2.33. The summed E-state index contributed by atoms with van der Waals surface area (Å²) in [6, 6.07) is 8.01. The molecule has 4 rings (SSSR count). The molecule has 1 atom stereocenters. The van der Waals surface area contributed by atoms with Crippen molar-refractivity contribution in [1.29, 1.82) is 0 Å². The number of urea groups is 1. The van der Waals surface area contributed by atoms with Gasteiger partial charge in [0, 0.05) is 31.9 Å². The molecule has 2 aromatic rings. The van der Waals surface area contributed by atoms with Crippen molar-refractivity contribution >= 4 is 17.8 Å². The number of hydrogen-bond acceptors (Lipinski definition) is 5. The van der Waals surface area contributed by atoms with Crippen molar-refractivity contribution in [2.45, 2.75) is 32.0 Å². The molecule has 1 unspecified atom stereocenters. The van der Waals surface area contributed by atoms with E-state index in [0.717, 1.165) is 10.5 Å². The summed E-state index contributed by atoms with van der Waals surface area (Å²) in [5.41, 5.74) is 0.765. The number of hydrogen-bond donors (Lipinski definition) is 2. The maximum Gasteiger partial charge on any atom is 0.325 e. The minimum absolute atomic E-state index is 0.140. The fraction of sp³-hybridized carbons (Fsp3) is 0.350. The van der Waals surface area contributed by atoms with Gasteiger partial charge in [0.1, 0.15) is 6.04 Å². The van der Waals surface area contributed by atoms with E-state index >= 15 is 0 Å². The SMILES string of the molecule is O=C(CCC1NC(=O)N(Cc2ccc3c(c2)OCO3)C1=O)NCCn1cccc1. The Morgan fingerprint density at radius 3 is 2.79 bits per heavy atom. The van der Waals surface area contributed by atoms with Crippen LogP contribution in [-0.4, -0.2) is 46.7 Å². The molecular weight excluding hydrogens is 376 g/mol. The van der Waals surface area contributed by atoms with Crippen molar-refractivity contribution in [3.8, 4) is 11.5 Å². The predicted octanol–water partition coefficient (Wildman–Crippen LogP) is 1.23. The van der Waals surface area contributed by atoms with E-state index in [1.807, 2.05) is 29.1 Å². The standard InChI is InChI=1S/C20H22N4O5/c25-18(21-7-10-23-8-1-2-9-23)6-4-15-19(26)24(20(27)22-15)12-14-3-5-16-17(11-14)29-13-28-16/h1-3,5,8-9,11,15H,4,6-7,10,12-13H2,(H,21,25)(H,22,27). The zero-order valence-electron chi connectivity index (χ0n) is 15.8. The van der Waals surface area contributed by atoms with Crippen LogP contribution in [0.1, 0.15) is 18.4 Å². The van der Waals surface area contributed by atoms with Crippen molar-refractivity contribution in [2.24, 2.45) is 0 Å². The van der Waals surface area contributed by atoms with Gasteiger partial charge in [-0.25, -0.2) is 4.79 Å². The summed E-state index contributed by atoms with van der Waals surface area (Å²) in [6.45, 7) is 1.49. The number of amides is 4. The van der Waals surface area contributed by atoms with E-state index in [9.17, 15) is 14.4 Å². The van der Waals surface area contributed by atoms with Crippen molar-refractivity contribution in [3.63, 3.8) is 0 Å². The Balaban J connectivity index is 1.25. The van der Waals surface area contributed by atoms with Gasteiger partial charge >= 0.3 is 6.03 Å². The van der Waals surface area contributed by atoms with Crippen molar-refractivity contribution in [1.82, 2.24) is 20.1 Å². The third kappa shape index (κ3) is 4.34. The molecule has 2 aliphatic heterocycles. The summed E-state index contributed by atoms with van der Waals surface area (Å²) < 4.78 is 12.6. The molecule has 0 bridgehead atoms. The number of rotatable bonds is 8. The van der Waals surface area contributed by atoms with Gasteiger partial charge in [0.05, 0.1) is 6.54 Å². The first kappa shape index (κ1) is 18.9. The van der Waals surface area contributed by atoms with Crippen LogP contribution in [0.5, 0.6) is 11.5 Å². The summed E-state index contributed by atoms with van der Waals surface area (Å²) >= 11 is 0. The van der Waals surface area contributed by atoms with Crippen LogP contribution in [0.15, 0.2) is 42.7 Å². The Morgan fingerprint density at radius 2 is 1.97 bits per heavy atom. The molecule has 0 spiro atoms. The molecule has 1 fully saturated rings. The monoisotopic (exact) mass is 398 g/mol. The Kier molecular flexibility index (Phi) is 5.37. The van der Waals surface area contributed by atoms with Gasteiger partial charge in [0.25, 0.3) is 5.91 Å². The first-order valence-electron chi connectivity index (χ1n) is 9.48. The Morgan fingerprint density at radius 1 is 1.17 bits per heavy atom. The quantitative estimate of drug-likeness (QED) is 0.652. The fourth-order valence-corrected chi connectivity index (χ4v) is 3.35. The summed E-state index contributed by atoms with van der Waals surface area (Å²) in [4.78, 5) is 38.0. The predicted molar refractivity (Wildman–Crippen MR) is 102 cm³/mol. The lowest BCUT2D eigenvalue weighted by atomic mass is 10.1. The van der Waals surface area contributed by atoms with Crippen LogP contribution >= 0.6 is 0 Å². The topological polar surface area (TPSA) is 102 Å². The molecule has 1 saturated heterocycles. The Hall–Kier alpha value is -3.49. The number of nitrogens with zero attached hydrogens (tertiary/aromatic N) is 2. The molecule has 0 aliphatic carbocycles. The maximum atomic E-state index is 12.6. The van der Waals surface area contributed by atoms with E-state index in [1.165, 1.54) is 0 Å². The zero-order valence-corrected chi connectivity index (χ0v) is 15.8. The van der Waals surface area contributed by atoms with Crippen LogP contribution in [0.2, 0.25) is 0 Å². The average Bonchev–Trinajstić information content (AvgIpc) is 3.44. The zero-order chi connectivity index (χ0) is 20.2. The van der Waals surface area contributed by atoms with Crippen LogP contribution in [0.25, 0.3) is 0 Å². The largest absolute Gasteiger partial charge is 0.454 e. The third-order valence-electron chi connectivity index (χ3n) is 4.90. The molecule has 0 saturated carbocycles. The van der Waals surface area contributed by atoms with E-state index in [2.05, 4.69) is 10.6 Å². The molecule has 3 heterocycles. The second-order valence-corrected chi connectivity index (χ2v) is 6.92. The third-order valence-corrected chi connectivity index (χ3v) is 4.90. The summed E-state index contributed by atoms with van der Waals surface area (Å²) in [5.74, 6) is 0.774. The number of fused-ring (bicyclic) bond motifs is 1. The number of aromatic nitrogens is 1. The van der Waals surface area contributed by atoms with E-state index in [4.69, 9.17) is 9.47 Å². The molecule has 2 aliphatic rings. The Bertz CT molecular complexity index is 912. The van der Waals surface area contributed by atoms with Gasteiger partial charge in [-0.1, -0.05) is 6.07 Å². The molecule has 1 aromatic carbocycles. The highest BCUT2D eigenvalue weighted by Gasteiger charge is 2.38. The Labute approximate surface area is 167 Å². The lowest BCUT2D eigenvalue weighted by molar-refractivity contribution is -0.128. The van der Waals surface area contributed by atoms with Crippen molar-refractivity contribution in [3.05, 3.63) is 48.3 Å². The fourth-order valence-electron chi connectivity index (χ4n) is 3.35. The lowest BCUT2D eigenvalue weighted by Gasteiger charge is -2.13. The molecular formula is C20H22N4O5. The molecule has 29 heavy (non-hydrogen) atoms. The molecule has 0 radical (unpaired) electrons. The lowest BCUT2D eigenvalue weighted by Crippen LogP contribution is -2.33. The molecule has 2 N–H and O–H groups in total. The highest BCUT2D eigenvalue weighted by molar-refractivity contribution is 6.04. The van der Waals surface area contributed by atoms with E-state index in [-0.39, 0.29) is 38.0 Å². The number of nitrogens with one attached hydrogen (secondary N) is 2. The highest BCUT2D eigenvalue weighted by atomic mass is 16.7. The van der Waals surface area contributed by atoms with Crippen molar-refractivity contribution in [2.75, 3.05) is 13.3 Å². The van der Waals surface area contributed by atoms with Crippen LogP contribution in [0.3, 0.4) is 0 Å². The summed E-state index contributed by atoms with van der Waals surface area (Å²) in [5, 5.41) is 5.48. The summed E-state index contributed by atoms with van der Waals surface area (Å²) in [7, 11) is 0. The van der Waals surface area contributed by atoms with E-state index in [0.29, 0.717) is 24.6 Å². The van der Waals surface area contributed by atoms with Crippen molar-refractivity contribution < 1.29 is 23.9 Å². The number of benzene rings is 1. The average molecular weight is 398 g/mol. The second-order valence-electron chi connectivity index (χ2n) is 6.92. The number of imide groups is 1. The maximum absolute atomic E-state index is 12.6. The van der Waals surface area contributed by atoms with E-state index < -0.39 is 12.1 Å². The van der Waals surface area contributed by atoms with E-state index in [1.54, 1.807) is 18.2 Å². The van der Waals surface area contributed by atoms with Crippen LogP contribution in [0.4, 0.5) is 4.79 Å². The number of carbonyl (C=O) groups excluding carboxylic acids is 3. The number of carbonyl (C=O) groups is 3. The molecule has 152 valence electrons. The first-order chi connectivity index (χ1) is 14.1. The molecule has 9 heteroatoms. The summed E-state index contributed by atoms with van der Waals surface area (Å²) in [6.07, 6.45) is 4.28. The first-order valence-corrected chi connectivity index (χ1v) is 9.48. The van der Waals surface area contributed by atoms with Gasteiger partial charge in [0.2, 0.25) is 12.7 Å². The van der Waals surface area contributed by atoms with Gasteiger partial charge in [-0.2, -0.15) is 0 Å². The van der Waals surface area contributed by atoms with Crippen LogP contribution < -0.4 is 20.1 Å². The van der Waals surface area contributed by atoms with Gasteiger partial charge in [0.15, 0.2) is 11.5 Å². The van der Waals surface area contributed by atoms with Gasteiger partial charge in [-0.05, 0) is 36.2 Å². The van der Waals surface area contributed by atoms with Gasteiger partial charge in [-0.3, -0.25) is 14.5 Å². The normalized spacial score (nSPS) is 17.5. The molecule has 1 aromatic heterocycles. The molecule has 4 amide bonds. The second kappa shape index (κ2) is 8.26. The molecule has 9 nitrogen and oxygen atoms in total. The van der Waals surface area contributed by atoms with Crippen LogP contribution in [-0.2, 0) is 22.7 Å². The van der Waals surface area contributed by atoms with Crippen LogP contribution in [0, 0.1) is 0 Å². The van der Waals surface area contributed by atoms with Gasteiger partial charge in [-0.15, -0.1) is 0 Å². The minimum atomic E-state index is -0.688. The van der Waals surface area contributed by atoms with Gasteiger partial charge < -0.3 is 24.7 Å². The number of ether oxygens (including phenoxy) is 2.